The quantitative estimate of drug-likeness (QED) is 0.197. The van der Waals surface area contributed by atoms with E-state index in [0.29, 0.717) is 44.0 Å². The van der Waals surface area contributed by atoms with Crippen LogP contribution in [0.1, 0.15) is 21.5 Å². The first-order chi connectivity index (χ1) is 15.9. The number of ether oxygens (including phenoxy) is 3. The van der Waals surface area contributed by atoms with Crippen molar-refractivity contribution in [1.29, 1.82) is 0 Å². The number of hydrogen-bond donors (Lipinski definition) is 0. The third-order valence-corrected chi connectivity index (χ3v) is 6.84. The molecule has 3 aromatic rings. The Bertz CT molecular complexity index is 1140. The number of halogens is 2. The van der Waals surface area contributed by atoms with Crippen molar-refractivity contribution < 1.29 is 23.6 Å². The standard InChI is InChI=1S/C25H22Cl2O5S/c1-30-19-12-22(31-2)20(23(13-19)32-3)14-24(25(28)16-8-10-18(26)11-9-16)33(29)15-17-6-4-5-7-21(17)27/h4-14H,15H2,1-3H3/b24-14-. The van der Waals surface area contributed by atoms with Crippen LogP contribution in [-0.4, -0.2) is 31.7 Å². The van der Waals surface area contributed by atoms with E-state index < -0.39 is 17.0 Å². The van der Waals surface area contributed by atoms with E-state index in [1.165, 1.54) is 27.4 Å². The predicted molar refractivity (Wildman–Crippen MR) is 133 cm³/mol. The summed E-state index contributed by atoms with van der Waals surface area (Å²) in [6, 6.07) is 16.8. The number of methoxy groups -OCH3 is 3. The van der Waals surface area contributed by atoms with Gasteiger partial charge in [-0.15, -0.1) is 0 Å². The molecule has 172 valence electrons. The molecule has 0 heterocycles. The zero-order chi connectivity index (χ0) is 24.0. The Morgan fingerprint density at radius 2 is 1.55 bits per heavy atom. The molecular formula is C25H22Cl2O5S. The highest BCUT2D eigenvalue weighted by atomic mass is 35.5. The zero-order valence-electron chi connectivity index (χ0n) is 18.3. The minimum absolute atomic E-state index is 0.0611. The van der Waals surface area contributed by atoms with E-state index in [-0.39, 0.29) is 10.7 Å². The average Bonchev–Trinajstić information content (AvgIpc) is 2.83. The minimum atomic E-state index is -1.73. The number of hydrogen-bond acceptors (Lipinski definition) is 5. The lowest BCUT2D eigenvalue weighted by Gasteiger charge is -2.17. The van der Waals surface area contributed by atoms with E-state index in [0.717, 1.165) is 0 Å². The summed E-state index contributed by atoms with van der Waals surface area (Å²) in [5.41, 5.74) is 1.48. The number of rotatable bonds is 9. The topological polar surface area (TPSA) is 67.8 Å². The van der Waals surface area contributed by atoms with Gasteiger partial charge in [-0.3, -0.25) is 4.79 Å². The molecule has 0 aliphatic heterocycles. The summed E-state index contributed by atoms with van der Waals surface area (Å²) >= 11 is 10.5. The number of ketones is 1. The molecule has 33 heavy (non-hydrogen) atoms. The monoisotopic (exact) mass is 504 g/mol. The van der Waals surface area contributed by atoms with E-state index in [9.17, 15) is 9.35 Å². The molecule has 8 heteroatoms. The number of carbonyl (C=O) groups excluding carboxylic acids is 1. The Morgan fingerprint density at radius 1 is 0.939 bits per heavy atom. The summed E-state index contributed by atoms with van der Waals surface area (Å²) < 4.78 is 29.8. The van der Waals surface area contributed by atoms with Gasteiger partial charge in [0.1, 0.15) is 23.0 Å². The fraction of sp³-hybridized carbons (Fsp3) is 0.160. The second-order valence-corrected chi connectivity index (χ2v) is 9.13. The van der Waals surface area contributed by atoms with Crippen molar-refractivity contribution in [2.75, 3.05) is 21.3 Å². The third kappa shape index (κ3) is 6.03. The highest BCUT2D eigenvalue weighted by Crippen LogP contribution is 2.37. The Kier molecular flexibility index (Phi) is 8.69. The van der Waals surface area contributed by atoms with Crippen LogP contribution in [0, 0.1) is 0 Å². The van der Waals surface area contributed by atoms with Crippen LogP contribution in [0.5, 0.6) is 17.2 Å². The summed E-state index contributed by atoms with van der Waals surface area (Å²) in [6.45, 7) is 0. The van der Waals surface area contributed by atoms with Crippen molar-refractivity contribution in [3.63, 3.8) is 0 Å². The van der Waals surface area contributed by atoms with Gasteiger partial charge in [-0.25, -0.2) is 0 Å². The number of benzene rings is 3. The van der Waals surface area contributed by atoms with Crippen LogP contribution in [0.25, 0.3) is 6.08 Å². The summed E-state index contributed by atoms with van der Waals surface area (Å²) in [6.07, 6.45) is 1.53. The first-order valence-corrected chi connectivity index (χ1v) is 11.9. The Balaban J connectivity index is 2.14. The van der Waals surface area contributed by atoms with E-state index >= 15 is 0 Å². The van der Waals surface area contributed by atoms with Crippen LogP contribution in [-0.2, 0) is 16.9 Å². The molecule has 0 radical (unpaired) electrons. The molecule has 0 saturated heterocycles. The molecule has 0 amide bonds. The highest BCUT2D eigenvalue weighted by molar-refractivity contribution is 7.95. The van der Waals surface area contributed by atoms with Crippen LogP contribution in [0.15, 0.2) is 65.6 Å². The Morgan fingerprint density at radius 3 is 2.09 bits per heavy atom. The van der Waals surface area contributed by atoms with Crippen LogP contribution in [0.4, 0.5) is 0 Å². The Hall–Kier alpha value is -2.64. The van der Waals surface area contributed by atoms with E-state index in [1.54, 1.807) is 60.7 Å². The average molecular weight is 505 g/mol. The van der Waals surface area contributed by atoms with Gasteiger partial charge in [0.2, 0.25) is 10.7 Å². The molecule has 0 aromatic heterocycles. The Labute approximate surface area is 206 Å². The second-order valence-electron chi connectivity index (χ2n) is 6.87. The van der Waals surface area contributed by atoms with Gasteiger partial charge < -0.3 is 18.8 Å². The molecule has 1 unspecified atom stereocenters. The minimum Gasteiger partial charge on any atom is -0.611 e. The number of Topliss-reactive ketones (excluding diaryl/α,β-unsaturated/α-hetero) is 1. The third-order valence-electron chi connectivity index (χ3n) is 4.85. The van der Waals surface area contributed by atoms with E-state index in [1.807, 2.05) is 0 Å². The van der Waals surface area contributed by atoms with Gasteiger partial charge in [-0.2, -0.15) is 0 Å². The van der Waals surface area contributed by atoms with Crippen molar-refractivity contribution in [2.45, 2.75) is 5.75 Å². The smallest absolute Gasteiger partial charge is 0.240 e. The second kappa shape index (κ2) is 11.5. The molecule has 5 nitrogen and oxygen atoms in total. The summed E-state index contributed by atoms with van der Waals surface area (Å²) in [5.74, 6) is 0.983. The molecule has 0 aliphatic carbocycles. The number of allylic oxidation sites excluding steroid dienone is 1. The van der Waals surface area contributed by atoms with Crippen LogP contribution < -0.4 is 14.2 Å². The van der Waals surface area contributed by atoms with E-state index in [2.05, 4.69) is 0 Å². The van der Waals surface area contributed by atoms with Gasteiger partial charge in [-0.05, 0) is 41.5 Å². The van der Waals surface area contributed by atoms with Crippen molar-refractivity contribution in [2.24, 2.45) is 0 Å². The first-order valence-electron chi connectivity index (χ1n) is 9.81. The maximum absolute atomic E-state index is 13.5. The molecule has 0 spiro atoms. The molecule has 3 aromatic carbocycles. The van der Waals surface area contributed by atoms with Gasteiger partial charge in [0.15, 0.2) is 0 Å². The fourth-order valence-electron chi connectivity index (χ4n) is 3.12. The zero-order valence-corrected chi connectivity index (χ0v) is 20.6. The van der Waals surface area contributed by atoms with E-state index in [4.69, 9.17) is 37.4 Å². The molecule has 0 bridgehead atoms. The first kappa shape index (κ1) is 25.0. The maximum atomic E-state index is 13.5. The molecule has 3 rings (SSSR count). The summed E-state index contributed by atoms with van der Waals surface area (Å²) in [4.78, 5) is 13.5. The molecular weight excluding hydrogens is 483 g/mol. The van der Waals surface area contributed by atoms with Gasteiger partial charge in [0, 0.05) is 39.4 Å². The highest BCUT2D eigenvalue weighted by Gasteiger charge is 2.27. The van der Waals surface area contributed by atoms with Gasteiger partial charge in [-0.1, -0.05) is 41.4 Å². The lowest BCUT2D eigenvalue weighted by molar-refractivity contribution is 0.104. The van der Waals surface area contributed by atoms with Crippen molar-refractivity contribution >= 4 is 46.2 Å². The number of carbonyl (C=O) groups is 1. The molecule has 0 N–H and O–H groups in total. The van der Waals surface area contributed by atoms with Gasteiger partial charge in [0.05, 0.1) is 26.9 Å². The van der Waals surface area contributed by atoms with Crippen molar-refractivity contribution in [3.05, 3.63) is 92.3 Å². The van der Waals surface area contributed by atoms with Crippen LogP contribution in [0.3, 0.4) is 0 Å². The fourth-order valence-corrected chi connectivity index (χ4v) is 4.79. The molecule has 0 aliphatic rings. The summed E-state index contributed by atoms with van der Waals surface area (Å²) in [5, 5.41) is 0.969. The lowest BCUT2D eigenvalue weighted by Crippen LogP contribution is -2.16. The van der Waals surface area contributed by atoms with Crippen molar-refractivity contribution in [1.82, 2.24) is 0 Å². The van der Waals surface area contributed by atoms with Gasteiger partial charge >= 0.3 is 0 Å². The van der Waals surface area contributed by atoms with Crippen molar-refractivity contribution in [3.8, 4) is 17.2 Å². The largest absolute Gasteiger partial charge is 0.611 e. The molecule has 0 fully saturated rings. The summed E-state index contributed by atoms with van der Waals surface area (Å²) in [7, 11) is 4.51. The van der Waals surface area contributed by atoms with Gasteiger partial charge in [0.25, 0.3) is 0 Å². The molecule has 1 atom stereocenters. The normalized spacial score (nSPS) is 12.2. The lowest BCUT2D eigenvalue weighted by atomic mass is 10.1. The van der Waals surface area contributed by atoms with Crippen LogP contribution in [0.2, 0.25) is 10.0 Å². The maximum Gasteiger partial charge on any atom is 0.240 e. The predicted octanol–water partition coefficient (Wildman–Crippen LogP) is 6.19. The SMILES string of the molecule is COc1cc(OC)c(/C=C(/C(=O)c2ccc(Cl)cc2)[S+]([O-])Cc2ccccc2Cl)c(OC)c1. The molecule has 0 saturated carbocycles. The van der Waals surface area contributed by atoms with Crippen LogP contribution >= 0.6 is 23.2 Å².